The van der Waals surface area contributed by atoms with E-state index in [1.807, 2.05) is 0 Å². The van der Waals surface area contributed by atoms with Gasteiger partial charge in [-0.3, -0.25) is 0 Å². The lowest BCUT2D eigenvalue weighted by Crippen LogP contribution is -1.80. The Morgan fingerprint density at radius 3 is 1.82 bits per heavy atom. The summed E-state index contributed by atoms with van der Waals surface area (Å²) in [5.74, 6) is 0. The number of allylic oxidation sites excluding steroid dienone is 6. The molecule has 0 aromatic carbocycles. The van der Waals surface area contributed by atoms with Crippen LogP contribution in [0.5, 0.6) is 0 Å². The molecule has 0 amide bonds. The molecule has 0 aromatic rings. The lowest BCUT2D eigenvalue weighted by molar-refractivity contribution is -0.107. The number of carbonyl (C=O) groups excluding carboxylic acids is 1. The number of hydrogen-bond acceptors (Lipinski definition) is 1. The fraction of sp³-hybridized carbons (Fsp3) is 0.562. The summed E-state index contributed by atoms with van der Waals surface area (Å²) in [7, 11) is 0. The quantitative estimate of drug-likeness (QED) is 0.427. The standard InChI is InChI=1S/C16H26O/c1-14(2)8-5-9-15(3)10-6-11-16(4)12-7-13-17/h8,10-11,13H,5-7,9,12H2,1-4H3/b15-10+,16-11+. The number of hydrogen-bond donors (Lipinski definition) is 0. The van der Waals surface area contributed by atoms with Gasteiger partial charge in [-0.05, 0) is 53.4 Å². The summed E-state index contributed by atoms with van der Waals surface area (Å²) < 4.78 is 0. The molecule has 1 nitrogen and oxygen atoms in total. The van der Waals surface area contributed by atoms with Crippen LogP contribution >= 0.6 is 0 Å². The van der Waals surface area contributed by atoms with Gasteiger partial charge in [0.05, 0.1) is 0 Å². The first-order chi connectivity index (χ1) is 8.06. The van der Waals surface area contributed by atoms with Crippen LogP contribution in [0.1, 0.15) is 59.8 Å². The van der Waals surface area contributed by atoms with E-state index in [2.05, 4.69) is 45.9 Å². The van der Waals surface area contributed by atoms with Crippen LogP contribution in [0.4, 0.5) is 0 Å². The Morgan fingerprint density at radius 1 is 0.824 bits per heavy atom. The zero-order valence-corrected chi connectivity index (χ0v) is 11.8. The molecule has 0 N–H and O–H groups in total. The van der Waals surface area contributed by atoms with E-state index in [-0.39, 0.29) is 0 Å². The topological polar surface area (TPSA) is 17.1 Å². The fourth-order valence-electron chi connectivity index (χ4n) is 1.54. The van der Waals surface area contributed by atoms with Crippen molar-refractivity contribution in [2.75, 3.05) is 0 Å². The Hall–Kier alpha value is -1.11. The minimum Gasteiger partial charge on any atom is -0.303 e. The van der Waals surface area contributed by atoms with Crippen molar-refractivity contribution < 1.29 is 4.79 Å². The number of carbonyl (C=O) groups is 1. The van der Waals surface area contributed by atoms with Gasteiger partial charge in [-0.25, -0.2) is 0 Å². The molecule has 1 heteroatoms. The maximum atomic E-state index is 10.2. The molecular formula is C16H26O. The van der Waals surface area contributed by atoms with E-state index in [0.717, 1.165) is 32.0 Å². The molecule has 0 aliphatic carbocycles. The molecule has 0 bridgehead atoms. The summed E-state index contributed by atoms with van der Waals surface area (Å²) in [6.45, 7) is 8.56. The van der Waals surface area contributed by atoms with Crippen LogP contribution in [0.2, 0.25) is 0 Å². The van der Waals surface area contributed by atoms with Gasteiger partial charge in [0.2, 0.25) is 0 Å². The summed E-state index contributed by atoms with van der Waals surface area (Å²) >= 11 is 0. The van der Waals surface area contributed by atoms with Crippen LogP contribution in [0.3, 0.4) is 0 Å². The van der Waals surface area contributed by atoms with Gasteiger partial charge in [-0.15, -0.1) is 0 Å². The van der Waals surface area contributed by atoms with E-state index >= 15 is 0 Å². The predicted octanol–water partition coefficient (Wildman–Crippen LogP) is 4.99. The van der Waals surface area contributed by atoms with Gasteiger partial charge in [-0.2, -0.15) is 0 Å². The Bertz CT molecular complexity index is 301. The first-order valence-electron chi connectivity index (χ1n) is 6.44. The summed E-state index contributed by atoms with van der Waals surface area (Å²) in [6, 6.07) is 0. The normalized spacial score (nSPS) is 12.5. The Morgan fingerprint density at radius 2 is 1.35 bits per heavy atom. The maximum absolute atomic E-state index is 10.2. The van der Waals surface area contributed by atoms with Gasteiger partial charge in [0.25, 0.3) is 0 Å². The van der Waals surface area contributed by atoms with Crippen molar-refractivity contribution in [2.24, 2.45) is 0 Å². The molecule has 0 unspecified atom stereocenters. The van der Waals surface area contributed by atoms with Crippen molar-refractivity contribution in [1.82, 2.24) is 0 Å². The molecule has 0 saturated heterocycles. The Labute approximate surface area is 106 Å². The first kappa shape index (κ1) is 15.9. The largest absolute Gasteiger partial charge is 0.303 e. The minimum atomic E-state index is 0.644. The summed E-state index contributed by atoms with van der Waals surface area (Å²) in [5, 5.41) is 0. The van der Waals surface area contributed by atoms with E-state index in [1.54, 1.807) is 0 Å². The minimum absolute atomic E-state index is 0.644. The van der Waals surface area contributed by atoms with Crippen molar-refractivity contribution in [3.8, 4) is 0 Å². The van der Waals surface area contributed by atoms with Gasteiger partial charge < -0.3 is 4.79 Å². The van der Waals surface area contributed by atoms with E-state index in [9.17, 15) is 4.79 Å². The van der Waals surface area contributed by atoms with Gasteiger partial charge in [-0.1, -0.05) is 34.9 Å². The fourth-order valence-corrected chi connectivity index (χ4v) is 1.54. The van der Waals surface area contributed by atoms with Gasteiger partial charge >= 0.3 is 0 Å². The van der Waals surface area contributed by atoms with Crippen molar-refractivity contribution in [3.05, 3.63) is 34.9 Å². The highest BCUT2D eigenvalue weighted by molar-refractivity contribution is 5.49. The highest BCUT2D eigenvalue weighted by atomic mass is 16.1. The molecule has 0 aromatic heterocycles. The monoisotopic (exact) mass is 234 g/mol. The molecule has 0 radical (unpaired) electrons. The van der Waals surface area contributed by atoms with E-state index in [1.165, 1.54) is 16.7 Å². The third-order valence-electron chi connectivity index (χ3n) is 2.68. The second kappa shape index (κ2) is 10.1. The SMILES string of the molecule is CC(C)=CCC/C(C)=C/C/C=C(\C)CCC=O. The predicted molar refractivity (Wildman–Crippen MR) is 76.1 cm³/mol. The summed E-state index contributed by atoms with van der Waals surface area (Å²) in [6.07, 6.45) is 12.6. The van der Waals surface area contributed by atoms with Crippen LogP contribution in [0.15, 0.2) is 34.9 Å². The molecule has 0 rings (SSSR count). The molecule has 0 spiro atoms. The third kappa shape index (κ3) is 11.2. The van der Waals surface area contributed by atoms with Crippen LogP contribution < -0.4 is 0 Å². The summed E-state index contributed by atoms with van der Waals surface area (Å²) in [5.41, 5.74) is 4.15. The van der Waals surface area contributed by atoms with Crippen molar-refractivity contribution in [3.63, 3.8) is 0 Å². The molecule has 0 heterocycles. The Kier molecular flexibility index (Phi) is 9.41. The number of rotatable bonds is 8. The summed E-state index contributed by atoms with van der Waals surface area (Å²) in [4.78, 5) is 10.2. The zero-order valence-electron chi connectivity index (χ0n) is 11.8. The first-order valence-corrected chi connectivity index (χ1v) is 6.44. The van der Waals surface area contributed by atoms with Crippen LogP contribution in [0, 0.1) is 0 Å². The van der Waals surface area contributed by atoms with E-state index in [0.29, 0.717) is 6.42 Å². The lowest BCUT2D eigenvalue weighted by atomic mass is 10.1. The highest BCUT2D eigenvalue weighted by Crippen LogP contribution is 2.09. The van der Waals surface area contributed by atoms with Crippen molar-refractivity contribution in [2.45, 2.75) is 59.8 Å². The molecule has 96 valence electrons. The van der Waals surface area contributed by atoms with Crippen molar-refractivity contribution in [1.29, 1.82) is 0 Å². The Balaban J connectivity index is 3.90. The van der Waals surface area contributed by atoms with Crippen LogP contribution in [-0.2, 0) is 4.79 Å². The molecular weight excluding hydrogens is 208 g/mol. The molecule has 0 saturated carbocycles. The van der Waals surface area contributed by atoms with E-state index < -0.39 is 0 Å². The zero-order chi connectivity index (χ0) is 13.1. The average molecular weight is 234 g/mol. The van der Waals surface area contributed by atoms with Gasteiger partial charge in [0.15, 0.2) is 0 Å². The highest BCUT2D eigenvalue weighted by Gasteiger charge is 1.90. The maximum Gasteiger partial charge on any atom is 0.120 e. The van der Waals surface area contributed by atoms with Gasteiger partial charge in [0.1, 0.15) is 6.29 Å². The third-order valence-corrected chi connectivity index (χ3v) is 2.68. The molecule has 0 atom stereocenters. The molecule has 0 aliphatic rings. The van der Waals surface area contributed by atoms with Crippen molar-refractivity contribution >= 4 is 6.29 Å². The van der Waals surface area contributed by atoms with E-state index in [4.69, 9.17) is 0 Å². The van der Waals surface area contributed by atoms with Crippen LogP contribution in [0.25, 0.3) is 0 Å². The lowest BCUT2D eigenvalue weighted by Gasteiger charge is -1.99. The smallest absolute Gasteiger partial charge is 0.120 e. The molecule has 17 heavy (non-hydrogen) atoms. The molecule has 0 aliphatic heterocycles. The van der Waals surface area contributed by atoms with Crippen LogP contribution in [-0.4, -0.2) is 6.29 Å². The average Bonchev–Trinajstić information content (AvgIpc) is 2.25. The number of aldehydes is 1. The van der Waals surface area contributed by atoms with Gasteiger partial charge in [0, 0.05) is 6.42 Å². The second-order valence-electron chi connectivity index (χ2n) is 4.86. The second-order valence-corrected chi connectivity index (χ2v) is 4.86. The molecule has 0 fully saturated rings.